The Labute approximate surface area is 328 Å². The van der Waals surface area contributed by atoms with Crippen LogP contribution in [0, 0.1) is 0 Å². The molecule has 0 saturated carbocycles. The third kappa shape index (κ3) is 6.38. The average molecular weight is 711 g/mol. The molecule has 10 aromatic carbocycles. The molecule has 0 N–H and O–H groups in total. The highest BCUT2D eigenvalue weighted by molar-refractivity contribution is 6.25. The minimum absolute atomic E-state index is 1.19. The van der Waals surface area contributed by atoms with Crippen LogP contribution in [0.25, 0.3) is 101 Å². The largest absolute Gasteiger partial charge is 0.0622 e. The fourth-order valence-corrected chi connectivity index (χ4v) is 8.26. The topological polar surface area (TPSA) is 0 Å². The van der Waals surface area contributed by atoms with Crippen LogP contribution >= 0.6 is 0 Å². The van der Waals surface area contributed by atoms with Crippen molar-refractivity contribution in [3.8, 4) is 33.4 Å². The Kier molecular flexibility index (Phi) is 8.63. The molecule has 0 heteroatoms. The zero-order valence-corrected chi connectivity index (χ0v) is 30.9. The molecule has 0 saturated heterocycles. The first kappa shape index (κ1) is 33.3. The smallest absolute Gasteiger partial charge is 0.00141 e. The zero-order valence-electron chi connectivity index (χ0n) is 30.9. The minimum atomic E-state index is 1.19. The summed E-state index contributed by atoms with van der Waals surface area (Å²) in [6, 6.07) is 75.1. The molecule has 10 aromatic rings. The van der Waals surface area contributed by atoms with Gasteiger partial charge in [0.2, 0.25) is 0 Å². The monoisotopic (exact) mass is 710 g/mol. The second-order valence-corrected chi connectivity index (χ2v) is 14.5. The first-order valence-corrected chi connectivity index (χ1v) is 19.3. The van der Waals surface area contributed by atoms with Crippen LogP contribution in [-0.4, -0.2) is 0 Å². The Balaban J connectivity index is 1.15. The van der Waals surface area contributed by atoms with Gasteiger partial charge in [0.15, 0.2) is 0 Å². The van der Waals surface area contributed by atoms with E-state index in [0.717, 1.165) is 0 Å². The molecule has 0 aliphatic carbocycles. The molecule has 0 spiro atoms. The number of benzene rings is 10. The van der Waals surface area contributed by atoms with Crippen LogP contribution in [0.2, 0.25) is 0 Å². The van der Waals surface area contributed by atoms with E-state index < -0.39 is 0 Å². The Morgan fingerprint density at radius 1 is 0.250 bits per heavy atom. The standard InChI is InChI=1S/C56H38/c1-4-13-39(14-5-1)23-25-41-27-29-46-37-48(33-31-44(46)35-41)54-51-19-10-11-20-52(51)55(56-50(21-12-22-53(54)56)43-17-8-3-9-18-43)49-34-32-45-36-42(28-30-47(45)38-49)26-24-40-15-6-2-7-16-40/h1-38H/b25-23+,26-24+. The van der Waals surface area contributed by atoms with Crippen molar-refractivity contribution in [3.63, 3.8) is 0 Å². The van der Waals surface area contributed by atoms with Gasteiger partial charge >= 0.3 is 0 Å². The average Bonchev–Trinajstić information content (AvgIpc) is 3.27. The number of hydrogen-bond acceptors (Lipinski definition) is 0. The Bertz CT molecular complexity index is 3100. The van der Waals surface area contributed by atoms with Crippen molar-refractivity contribution in [2.24, 2.45) is 0 Å². The van der Waals surface area contributed by atoms with Crippen LogP contribution in [0.5, 0.6) is 0 Å². The van der Waals surface area contributed by atoms with E-state index in [9.17, 15) is 0 Å². The molecule has 0 fully saturated rings. The van der Waals surface area contributed by atoms with Gasteiger partial charge in [0, 0.05) is 0 Å². The van der Waals surface area contributed by atoms with Crippen molar-refractivity contribution >= 4 is 67.4 Å². The van der Waals surface area contributed by atoms with Gasteiger partial charge in [-0.15, -0.1) is 0 Å². The first-order valence-electron chi connectivity index (χ1n) is 19.3. The first-order chi connectivity index (χ1) is 27.7. The predicted molar refractivity (Wildman–Crippen MR) is 244 cm³/mol. The highest BCUT2D eigenvalue weighted by Crippen LogP contribution is 2.47. The van der Waals surface area contributed by atoms with Crippen LogP contribution in [0.3, 0.4) is 0 Å². The van der Waals surface area contributed by atoms with Gasteiger partial charge in [-0.3, -0.25) is 0 Å². The zero-order chi connectivity index (χ0) is 37.3. The van der Waals surface area contributed by atoms with Gasteiger partial charge in [-0.25, -0.2) is 0 Å². The lowest BCUT2D eigenvalue weighted by Gasteiger charge is -2.21. The van der Waals surface area contributed by atoms with E-state index >= 15 is 0 Å². The van der Waals surface area contributed by atoms with Crippen LogP contribution in [-0.2, 0) is 0 Å². The summed E-state index contributed by atoms with van der Waals surface area (Å²) in [6.45, 7) is 0. The molecule has 0 amide bonds. The van der Waals surface area contributed by atoms with Crippen molar-refractivity contribution in [1.82, 2.24) is 0 Å². The van der Waals surface area contributed by atoms with Crippen LogP contribution in [0.4, 0.5) is 0 Å². The fraction of sp³-hybridized carbons (Fsp3) is 0. The lowest BCUT2D eigenvalue weighted by Crippen LogP contribution is -1.93. The summed E-state index contributed by atoms with van der Waals surface area (Å²) in [7, 11) is 0. The van der Waals surface area contributed by atoms with Gasteiger partial charge in [-0.05, 0) is 123 Å². The fourth-order valence-electron chi connectivity index (χ4n) is 8.26. The third-order valence-electron chi connectivity index (χ3n) is 11.0. The second kappa shape index (κ2) is 14.5. The molecule has 262 valence electrons. The summed E-state index contributed by atoms with van der Waals surface area (Å²) in [5, 5.41) is 9.95. The van der Waals surface area contributed by atoms with Gasteiger partial charge in [0.25, 0.3) is 0 Å². The molecule has 0 aliphatic heterocycles. The van der Waals surface area contributed by atoms with Gasteiger partial charge in [0.1, 0.15) is 0 Å². The predicted octanol–water partition coefficient (Wildman–Crippen LogP) is 15.6. The molecule has 0 atom stereocenters. The van der Waals surface area contributed by atoms with Crippen molar-refractivity contribution < 1.29 is 0 Å². The number of hydrogen-bond donors (Lipinski definition) is 0. The van der Waals surface area contributed by atoms with Gasteiger partial charge in [-0.2, -0.15) is 0 Å². The SMILES string of the molecule is C(=C\c1ccc2cc(-c3c4ccccc4c(-c4ccc5cc(/C=C/c6ccccc6)ccc5c4)c4c(-c5ccccc5)cccc34)ccc2c1)/c1ccccc1. The van der Waals surface area contributed by atoms with E-state index in [4.69, 9.17) is 0 Å². The summed E-state index contributed by atoms with van der Waals surface area (Å²) < 4.78 is 0. The molecule has 0 bridgehead atoms. The number of fused-ring (bicyclic) bond motifs is 4. The number of rotatable bonds is 7. The normalized spacial score (nSPS) is 11.8. The van der Waals surface area contributed by atoms with Crippen LogP contribution in [0.1, 0.15) is 22.3 Å². The quantitative estimate of drug-likeness (QED) is 0.114. The maximum Gasteiger partial charge on any atom is -0.00141 e. The molecule has 0 radical (unpaired) electrons. The maximum absolute atomic E-state index is 2.38. The third-order valence-corrected chi connectivity index (χ3v) is 11.0. The summed E-state index contributed by atoms with van der Waals surface area (Å²) in [6.07, 6.45) is 8.75. The van der Waals surface area contributed by atoms with Gasteiger partial charge in [0.05, 0.1) is 0 Å². The van der Waals surface area contributed by atoms with E-state index in [2.05, 4.69) is 231 Å². The summed E-state index contributed by atoms with van der Waals surface area (Å²) >= 11 is 0. The highest BCUT2D eigenvalue weighted by Gasteiger charge is 2.20. The summed E-state index contributed by atoms with van der Waals surface area (Å²) in [5.41, 5.74) is 12.2. The van der Waals surface area contributed by atoms with Crippen molar-refractivity contribution in [2.45, 2.75) is 0 Å². The molecule has 0 nitrogen and oxygen atoms in total. The van der Waals surface area contributed by atoms with E-state index in [1.807, 2.05) is 0 Å². The molecule has 0 heterocycles. The molecule has 56 heavy (non-hydrogen) atoms. The van der Waals surface area contributed by atoms with Crippen molar-refractivity contribution in [1.29, 1.82) is 0 Å². The summed E-state index contributed by atoms with van der Waals surface area (Å²) in [5.74, 6) is 0. The Hall–Kier alpha value is -7.28. The van der Waals surface area contributed by atoms with Crippen molar-refractivity contribution in [3.05, 3.63) is 229 Å². The van der Waals surface area contributed by atoms with Gasteiger partial charge < -0.3 is 0 Å². The van der Waals surface area contributed by atoms with E-state index in [1.165, 1.54) is 98.7 Å². The molecule has 0 unspecified atom stereocenters. The second-order valence-electron chi connectivity index (χ2n) is 14.5. The Morgan fingerprint density at radius 2 is 0.679 bits per heavy atom. The maximum atomic E-state index is 2.38. The van der Waals surface area contributed by atoms with Crippen molar-refractivity contribution in [2.75, 3.05) is 0 Å². The molecule has 0 aromatic heterocycles. The van der Waals surface area contributed by atoms with E-state index in [-0.39, 0.29) is 0 Å². The minimum Gasteiger partial charge on any atom is -0.0622 e. The molecular formula is C56H38. The molecular weight excluding hydrogens is 673 g/mol. The Morgan fingerprint density at radius 3 is 1.25 bits per heavy atom. The van der Waals surface area contributed by atoms with E-state index in [0.29, 0.717) is 0 Å². The summed E-state index contributed by atoms with van der Waals surface area (Å²) in [4.78, 5) is 0. The lowest BCUT2D eigenvalue weighted by molar-refractivity contribution is 1.64. The lowest BCUT2D eigenvalue weighted by atomic mass is 9.82. The van der Waals surface area contributed by atoms with Crippen LogP contribution < -0.4 is 0 Å². The van der Waals surface area contributed by atoms with Gasteiger partial charge in [-0.1, -0.05) is 206 Å². The van der Waals surface area contributed by atoms with Crippen LogP contribution in [0.15, 0.2) is 206 Å². The van der Waals surface area contributed by atoms with E-state index in [1.54, 1.807) is 0 Å². The molecule has 0 aliphatic rings. The molecule has 10 rings (SSSR count). The highest BCUT2D eigenvalue weighted by atomic mass is 14.2.